The van der Waals surface area contributed by atoms with Crippen molar-refractivity contribution in [2.45, 2.75) is 82.8 Å². The molecule has 21 nitrogen and oxygen atoms in total. The van der Waals surface area contributed by atoms with Gasteiger partial charge in [0.05, 0.1) is 44.5 Å². The second kappa shape index (κ2) is 19.0. The molecule has 5 aromatic rings. The molecule has 7 rings (SSSR count). The molecule has 9 atom stereocenters. The molecular weight excluding hydrogens is 880 g/mol. The minimum atomic E-state index is -4.18. The smallest absolute Gasteiger partial charge is 0.364 e. The first-order chi connectivity index (χ1) is 29.7. The third-order valence-electron chi connectivity index (χ3n) is 9.65. The van der Waals surface area contributed by atoms with Crippen molar-refractivity contribution in [2.75, 3.05) is 23.8 Å². The summed E-state index contributed by atoms with van der Waals surface area (Å²) in [4.78, 5) is 73.9. The lowest BCUT2D eigenvalue weighted by Crippen LogP contribution is -2.36. The molecule has 26 heteroatoms. The van der Waals surface area contributed by atoms with Crippen LogP contribution < -0.4 is 16.2 Å². The van der Waals surface area contributed by atoms with Crippen molar-refractivity contribution in [1.29, 1.82) is 5.26 Å². The average Bonchev–Trinajstić information content (AvgIpc) is 4.02. The van der Waals surface area contributed by atoms with Gasteiger partial charge in [0.2, 0.25) is 11.9 Å². The molecule has 2 saturated heterocycles. The van der Waals surface area contributed by atoms with Crippen LogP contribution in [0.25, 0.3) is 22.3 Å². The quantitative estimate of drug-likeness (QED) is 0.0453. The highest BCUT2D eigenvalue weighted by molar-refractivity contribution is 8.07. The van der Waals surface area contributed by atoms with Gasteiger partial charge in [-0.15, -0.1) is 0 Å². The number of nitrogens with one attached hydrogen (secondary N) is 3. The molecule has 1 aromatic carbocycles. The monoisotopic (exact) mass is 917 g/mol. The van der Waals surface area contributed by atoms with Crippen LogP contribution in [0.3, 0.4) is 0 Å². The first kappa shape index (κ1) is 44.7. The van der Waals surface area contributed by atoms with Crippen LogP contribution >= 0.6 is 19.3 Å². The van der Waals surface area contributed by atoms with Crippen LogP contribution in [0.2, 0.25) is 0 Å². The number of alkyl halides is 2. The zero-order chi connectivity index (χ0) is 44.3. The van der Waals surface area contributed by atoms with E-state index < -0.39 is 91.1 Å². The topological polar surface area (TPSA) is 262 Å². The van der Waals surface area contributed by atoms with Crippen molar-refractivity contribution in [3.05, 3.63) is 65.2 Å². The third kappa shape index (κ3) is 9.37. The second-order valence-corrected chi connectivity index (χ2v) is 17.4. The van der Waals surface area contributed by atoms with Gasteiger partial charge in [-0.2, -0.15) is 10.2 Å². The van der Waals surface area contributed by atoms with Gasteiger partial charge in [0.15, 0.2) is 59.0 Å². The Morgan fingerprint density at radius 2 is 1.69 bits per heavy atom. The maximum absolute atomic E-state index is 16.4. The summed E-state index contributed by atoms with van der Waals surface area (Å²) in [5, 5.41) is 13.3. The first-order valence-electron chi connectivity index (χ1n) is 19.0. The molecule has 328 valence electrons. The number of hydrogen-bond acceptors (Lipinski definition) is 17. The molecule has 2 aliphatic rings. The number of benzene rings is 1. The van der Waals surface area contributed by atoms with Gasteiger partial charge >= 0.3 is 12.0 Å². The summed E-state index contributed by atoms with van der Waals surface area (Å²) in [5.41, 5.74) is -0.470. The number of ether oxygens (including phenoxy) is 3. The minimum Gasteiger partial charge on any atom is -0.448 e. The number of nitriles is 1. The van der Waals surface area contributed by atoms with Gasteiger partial charge in [-0.05, 0) is 30.4 Å². The number of rotatable bonds is 16. The van der Waals surface area contributed by atoms with Gasteiger partial charge in [0, 0.05) is 11.5 Å². The fourth-order valence-corrected chi connectivity index (χ4v) is 8.80. The third-order valence-corrected chi connectivity index (χ3v) is 12.1. The van der Waals surface area contributed by atoms with Crippen LogP contribution in [0, 0.1) is 17.2 Å². The zero-order valence-electron chi connectivity index (χ0n) is 32.9. The minimum absolute atomic E-state index is 0.0249. The highest BCUT2D eigenvalue weighted by Gasteiger charge is 2.52. The maximum Gasteiger partial charge on any atom is 0.364 e. The molecule has 0 radical (unpaired) electrons. The van der Waals surface area contributed by atoms with Crippen molar-refractivity contribution in [1.82, 2.24) is 39.0 Å². The highest BCUT2D eigenvalue weighted by atomic mass is 32.5. The molecule has 0 bridgehead atoms. The number of anilines is 2. The van der Waals surface area contributed by atoms with E-state index in [1.165, 1.54) is 21.8 Å². The van der Waals surface area contributed by atoms with Gasteiger partial charge in [-0.1, -0.05) is 51.6 Å². The van der Waals surface area contributed by atoms with Gasteiger partial charge in [-0.3, -0.25) is 38.3 Å². The Hall–Kier alpha value is -5.32. The molecule has 62 heavy (non-hydrogen) atoms. The summed E-state index contributed by atoms with van der Waals surface area (Å²) >= 11 is 9.42. The Balaban J connectivity index is 1.15. The van der Waals surface area contributed by atoms with Crippen molar-refractivity contribution in [2.24, 2.45) is 5.92 Å². The number of nitrogens with zero attached hydrogens (tertiary/aromatic N) is 8. The van der Waals surface area contributed by atoms with Gasteiger partial charge < -0.3 is 28.6 Å². The molecule has 2 amide bonds. The van der Waals surface area contributed by atoms with Crippen LogP contribution in [0.1, 0.15) is 56.4 Å². The van der Waals surface area contributed by atoms with Crippen LogP contribution in [0.15, 0.2) is 54.1 Å². The normalized spacial score (nSPS) is 24.5. The van der Waals surface area contributed by atoms with Crippen molar-refractivity contribution in [3.8, 4) is 6.07 Å². The number of carbonyl (C=O) groups excluding carboxylic acids is 3. The number of aromatic amines is 1. The average molecular weight is 918 g/mol. The Labute approximate surface area is 360 Å². The Bertz CT molecular complexity index is 2610. The fraction of sp³-hybridized carbons (Fsp3) is 0.444. The molecule has 3 N–H and O–H groups in total. The van der Waals surface area contributed by atoms with E-state index in [1.54, 1.807) is 51.1 Å². The molecule has 0 aliphatic carbocycles. The van der Waals surface area contributed by atoms with Crippen molar-refractivity contribution >= 4 is 82.4 Å². The molecule has 1 unspecified atom stereocenters. The number of fused-ring (bicyclic) bond motifs is 2. The molecular formula is C36H38F2N11O10PS2. The number of thiol groups is 1. The van der Waals surface area contributed by atoms with E-state index in [4.69, 9.17) is 39.6 Å². The number of H-pyrrole nitrogens is 1. The summed E-state index contributed by atoms with van der Waals surface area (Å²) in [7, 11) is 0. The number of halogens is 2. The Morgan fingerprint density at radius 3 is 2.39 bits per heavy atom. The van der Waals surface area contributed by atoms with Gasteiger partial charge in [0.1, 0.15) is 18.5 Å². The van der Waals surface area contributed by atoms with E-state index in [9.17, 15) is 24.4 Å². The summed E-state index contributed by atoms with van der Waals surface area (Å²) in [6.45, 7) is -0.215. The maximum atomic E-state index is 16.4. The number of aromatic nitrogens is 8. The number of carbonyl (C=O) groups is 3. The second-order valence-electron chi connectivity index (χ2n) is 14.1. The summed E-state index contributed by atoms with van der Waals surface area (Å²) in [5.74, 6) is -1.55. The Kier molecular flexibility index (Phi) is 13.7. The van der Waals surface area contributed by atoms with Crippen molar-refractivity contribution < 1.29 is 50.9 Å². The number of imidazole rings is 2. The van der Waals surface area contributed by atoms with E-state index in [2.05, 4.69) is 53.2 Å². The molecule has 2 aliphatic heterocycles. The van der Waals surface area contributed by atoms with E-state index in [0.29, 0.717) is 5.56 Å². The van der Waals surface area contributed by atoms with E-state index >= 15 is 8.78 Å². The highest BCUT2D eigenvalue weighted by Crippen LogP contribution is 2.55. The molecule has 0 spiro atoms. The van der Waals surface area contributed by atoms with Crippen LogP contribution in [-0.2, 0) is 44.4 Å². The van der Waals surface area contributed by atoms with Crippen LogP contribution in [-0.4, -0.2) is 106 Å². The lowest BCUT2D eigenvalue weighted by Gasteiger charge is -2.29. The SMILES string of the molecule is CC[C@H]1O[C@@H](n2cnc3c(=O)[nH]c(NC(=O)C(C)C)nc32)[C@H](OP(=S)(OCCC#N)OC[C@H]2O[C@@H](n3cnc4c(NC(=O)c5ccccc5)ncnc43)[C@@H](F)[C@@H]2OC(=O)S)[C@@H]1F. The lowest BCUT2D eigenvalue weighted by molar-refractivity contribution is -0.118. The molecule has 0 saturated carbocycles. The van der Waals surface area contributed by atoms with E-state index in [1.807, 2.05) is 6.07 Å². The van der Waals surface area contributed by atoms with Gasteiger partial charge in [-0.25, -0.2) is 33.5 Å². The fourth-order valence-electron chi connectivity index (χ4n) is 6.61. The van der Waals surface area contributed by atoms with Crippen LogP contribution in [0.5, 0.6) is 0 Å². The predicted octanol–water partition coefficient (Wildman–Crippen LogP) is 4.68. The largest absolute Gasteiger partial charge is 0.448 e. The molecule has 4 aromatic heterocycles. The lowest BCUT2D eigenvalue weighted by atomic mass is 10.1. The zero-order valence-corrected chi connectivity index (χ0v) is 35.5. The van der Waals surface area contributed by atoms with E-state index in [-0.39, 0.29) is 53.5 Å². The standard InChI is InChI=1S/C36H38F2N11O10PS2/c1-4-19-21(37)26(34(56-19)49-16-43-24-29(49)45-35(47-32(24)52)46-30(50)17(2)3)59-60(62,54-12-8-11-39)55-13-20-25(58-36(53)61)22(38)33(57-20)48-15-42-23-27(40-14-41-28(23)48)44-31(51)18-9-6-5-7-10-18/h5-7,9-10,14-17,19-22,25-26,33-34H,4,8,12-13H2,1-3H3,(H,53,61)(H,40,41,44,51)(H2,45,46,47,50,52)/t19-,20-,21-,22+,25-,26-,33-,34-,60?/m1/s1. The van der Waals surface area contributed by atoms with Crippen molar-refractivity contribution in [3.63, 3.8) is 0 Å². The predicted molar refractivity (Wildman–Crippen MR) is 220 cm³/mol. The van der Waals surface area contributed by atoms with Crippen LogP contribution in [0.4, 0.5) is 25.3 Å². The number of hydrogen-bond donors (Lipinski definition) is 4. The molecule has 2 fully saturated rings. The Morgan fingerprint density at radius 1 is 0.984 bits per heavy atom. The summed E-state index contributed by atoms with van der Waals surface area (Å²) in [6.07, 6.45) is -9.20. The van der Waals surface area contributed by atoms with E-state index in [0.717, 1.165) is 6.33 Å². The van der Waals surface area contributed by atoms with Gasteiger partial charge in [0.25, 0.3) is 11.5 Å². The first-order valence-corrected chi connectivity index (χ1v) is 22.0. The number of amides is 2. The summed E-state index contributed by atoms with van der Waals surface area (Å²) in [6, 6.07) is 10.2. The summed E-state index contributed by atoms with van der Waals surface area (Å²) < 4.78 is 70.6. The molecule has 6 heterocycles.